The van der Waals surface area contributed by atoms with E-state index in [1.807, 2.05) is 36.4 Å². The number of amides is 1. The predicted molar refractivity (Wildman–Crippen MR) is 95.1 cm³/mol. The summed E-state index contributed by atoms with van der Waals surface area (Å²) >= 11 is 1.15. The van der Waals surface area contributed by atoms with E-state index >= 15 is 0 Å². The molecular formula is C18H12N4O2S. The predicted octanol–water partition coefficient (Wildman–Crippen LogP) is 3.88. The zero-order valence-corrected chi connectivity index (χ0v) is 13.7. The first-order valence-corrected chi connectivity index (χ1v) is 8.11. The number of hydrogen-bond acceptors (Lipinski definition) is 6. The third-order valence-electron chi connectivity index (χ3n) is 3.13. The Hall–Kier alpha value is -3.50. The Balaban J connectivity index is 1.66. The summed E-state index contributed by atoms with van der Waals surface area (Å²) in [5, 5.41) is 17.2. The molecule has 3 rings (SSSR count). The molecule has 0 unspecified atom stereocenters. The maximum Gasteiger partial charge on any atom is 0.266 e. The van der Waals surface area contributed by atoms with Crippen LogP contribution in [0.4, 0.5) is 5.69 Å². The number of carbonyl (C=O) groups is 1. The molecule has 7 heteroatoms. The van der Waals surface area contributed by atoms with Crippen LogP contribution in [0.5, 0.6) is 11.5 Å². The minimum absolute atomic E-state index is 0.0442. The zero-order chi connectivity index (χ0) is 17.5. The largest absolute Gasteiger partial charge is 0.457 e. The highest BCUT2D eigenvalue weighted by atomic mass is 32.1. The van der Waals surface area contributed by atoms with E-state index in [1.54, 1.807) is 29.6 Å². The molecule has 122 valence electrons. The van der Waals surface area contributed by atoms with Gasteiger partial charge < -0.3 is 10.1 Å². The van der Waals surface area contributed by atoms with Crippen molar-refractivity contribution >= 4 is 29.2 Å². The van der Waals surface area contributed by atoms with Gasteiger partial charge in [-0.3, -0.25) is 4.79 Å². The summed E-state index contributed by atoms with van der Waals surface area (Å²) in [4.78, 5) is 12.2. The van der Waals surface area contributed by atoms with Crippen molar-refractivity contribution in [2.24, 2.45) is 0 Å². The molecule has 1 aromatic heterocycles. The molecule has 2 aromatic carbocycles. The molecule has 0 radical (unpaired) electrons. The third kappa shape index (κ3) is 4.50. The smallest absolute Gasteiger partial charge is 0.266 e. The molecule has 0 saturated heterocycles. The summed E-state index contributed by atoms with van der Waals surface area (Å²) in [5.41, 5.74) is 0.989. The highest BCUT2D eigenvalue weighted by Gasteiger charge is 2.10. The number of benzene rings is 2. The van der Waals surface area contributed by atoms with Crippen LogP contribution in [0, 0.1) is 11.3 Å². The third-order valence-corrected chi connectivity index (χ3v) is 3.65. The molecule has 3 aromatic rings. The van der Waals surface area contributed by atoms with Crippen LogP contribution in [0.25, 0.3) is 6.08 Å². The van der Waals surface area contributed by atoms with Gasteiger partial charge in [-0.2, -0.15) is 5.26 Å². The van der Waals surface area contributed by atoms with Crippen LogP contribution in [0.2, 0.25) is 0 Å². The summed E-state index contributed by atoms with van der Waals surface area (Å²) in [6.45, 7) is 0. The summed E-state index contributed by atoms with van der Waals surface area (Å²) in [6.07, 6.45) is 1.39. The molecule has 0 fully saturated rings. The number of carbonyl (C=O) groups excluding carboxylic acids is 1. The minimum Gasteiger partial charge on any atom is -0.457 e. The van der Waals surface area contributed by atoms with Gasteiger partial charge >= 0.3 is 0 Å². The number of para-hydroxylation sites is 1. The average Bonchev–Trinajstić information content (AvgIpc) is 3.15. The molecule has 1 heterocycles. The normalized spacial score (nSPS) is 10.8. The van der Waals surface area contributed by atoms with Gasteiger partial charge in [-0.25, -0.2) is 0 Å². The summed E-state index contributed by atoms with van der Waals surface area (Å²) < 4.78 is 9.38. The van der Waals surface area contributed by atoms with Gasteiger partial charge in [0, 0.05) is 11.1 Å². The molecule has 6 nitrogen and oxygen atoms in total. The highest BCUT2D eigenvalue weighted by molar-refractivity contribution is 7.03. The van der Waals surface area contributed by atoms with Crippen molar-refractivity contribution in [3.63, 3.8) is 0 Å². The van der Waals surface area contributed by atoms with Crippen LogP contribution in [0.15, 0.2) is 65.6 Å². The zero-order valence-electron chi connectivity index (χ0n) is 12.9. The first-order chi connectivity index (χ1) is 12.2. The number of nitriles is 1. The molecular weight excluding hydrogens is 336 g/mol. The van der Waals surface area contributed by atoms with Crippen molar-refractivity contribution in [3.8, 4) is 17.6 Å². The van der Waals surface area contributed by atoms with E-state index in [2.05, 4.69) is 14.9 Å². The van der Waals surface area contributed by atoms with E-state index in [-0.39, 0.29) is 5.57 Å². The fraction of sp³-hybridized carbons (Fsp3) is 0. The standard InChI is InChI=1S/C18H12N4O2S/c19-11-13(10-15-12-25-22-21-15)18(23)20-14-6-8-17(9-7-14)24-16-4-2-1-3-5-16/h1-10,12H,(H,20,23). The Morgan fingerprint density at radius 1 is 1.12 bits per heavy atom. The number of hydrogen-bond donors (Lipinski definition) is 1. The summed E-state index contributed by atoms with van der Waals surface area (Å²) in [6, 6.07) is 18.1. The topological polar surface area (TPSA) is 87.9 Å². The minimum atomic E-state index is -0.507. The second-order valence-corrected chi connectivity index (χ2v) is 5.50. The molecule has 0 bridgehead atoms. The van der Waals surface area contributed by atoms with Gasteiger partial charge in [0.1, 0.15) is 23.1 Å². The molecule has 0 aliphatic rings. The second kappa shape index (κ2) is 7.86. The van der Waals surface area contributed by atoms with Crippen molar-refractivity contribution in [1.29, 1.82) is 5.26 Å². The second-order valence-electron chi connectivity index (χ2n) is 4.89. The van der Waals surface area contributed by atoms with E-state index in [9.17, 15) is 4.79 Å². The Bertz CT molecular complexity index is 914. The average molecular weight is 348 g/mol. The number of anilines is 1. The van der Waals surface area contributed by atoms with Crippen LogP contribution >= 0.6 is 11.5 Å². The van der Waals surface area contributed by atoms with Crippen molar-refractivity contribution in [2.75, 3.05) is 5.32 Å². The Morgan fingerprint density at radius 2 is 1.84 bits per heavy atom. The van der Waals surface area contributed by atoms with Crippen molar-refractivity contribution in [2.45, 2.75) is 0 Å². The van der Waals surface area contributed by atoms with Gasteiger partial charge in [-0.15, -0.1) is 5.10 Å². The van der Waals surface area contributed by atoms with Crippen molar-refractivity contribution in [1.82, 2.24) is 9.59 Å². The van der Waals surface area contributed by atoms with Crippen LogP contribution in [-0.2, 0) is 4.79 Å². The number of aromatic nitrogens is 2. The lowest BCUT2D eigenvalue weighted by molar-refractivity contribution is -0.112. The molecule has 0 atom stereocenters. The molecule has 0 saturated carbocycles. The Morgan fingerprint density at radius 3 is 2.48 bits per heavy atom. The molecule has 0 aliphatic carbocycles. The molecule has 1 amide bonds. The number of ether oxygens (including phenoxy) is 1. The van der Waals surface area contributed by atoms with E-state index in [0.717, 1.165) is 17.3 Å². The van der Waals surface area contributed by atoms with Gasteiger partial charge in [0.05, 0.1) is 5.69 Å². The van der Waals surface area contributed by atoms with Gasteiger partial charge in [0.25, 0.3) is 5.91 Å². The highest BCUT2D eigenvalue weighted by Crippen LogP contribution is 2.22. The number of nitrogens with one attached hydrogen (secondary N) is 1. The molecule has 0 spiro atoms. The van der Waals surface area contributed by atoms with Crippen LogP contribution < -0.4 is 10.1 Å². The lowest BCUT2D eigenvalue weighted by Gasteiger charge is -2.07. The van der Waals surface area contributed by atoms with Crippen LogP contribution in [0.1, 0.15) is 5.69 Å². The molecule has 25 heavy (non-hydrogen) atoms. The fourth-order valence-corrected chi connectivity index (χ4v) is 2.37. The maximum atomic E-state index is 12.2. The molecule has 0 aliphatic heterocycles. The quantitative estimate of drug-likeness (QED) is 0.558. The van der Waals surface area contributed by atoms with Crippen LogP contribution in [0.3, 0.4) is 0 Å². The van der Waals surface area contributed by atoms with Crippen molar-refractivity contribution in [3.05, 3.63) is 71.2 Å². The van der Waals surface area contributed by atoms with E-state index in [1.165, 1.54) is 6.08 Å². The van der Waals surface area contributed by atoms with Gasteiger partial charge in [-0.05, 0) is 54.0 Å². The first-order valence-electron chi connectivity index (χ1n) is 7.28. The lowest BCUT2D eigenvalue weighted by atomic mass is 10.2. The number of rotatable bonds is 5. The Labute approximate surface area is 148 Å². The summed E-state index contributed by atoms with van der Waals surface area (Å²) in [7, 11) is 0. The van der Waals surface area contributed by atoms with Gasteiger partial charge in [0.15, 0.2) is 0 Å². The van der Waals surface area contributed by atoms with E-state index < -0.39 is 5.91 Å². The SMILES string of the molecule is N#CC(=Cc1csnn1)C(=O)Nc1ccc(Oc2ccccc2)cc1. The van der Waals surface area contributed by atoms with E-state index in [0.29, 0.717) is 17.1 Å². The Kier molecular flexibility index (Phi) is 5.14. The fourth-order valence-electron chi connectivity index (χ4n) is 1.96. The van der Waals surface area contributed by atoms with E-state index in [4.69, 9.17) is 10.00 Å². The monoisotopic (exact) mass is 348 g/mol. The van der Waals surface area contributed by atoms with Crippen molar-refractivity contribution < 1.29 is 9.53 Å². The van der Waals surface area contributed by atoms with Gasteiger partial charge in [-0.1, -0.05) is 22.7 Å². The lowest BCUT2D eigenvalue weighted by Crippen LogP contribution is -2.13. The number of nitrogens with zero attached hydrogens (tertiary/aromatic N) is 3. The summed E-state index contributed by atoms with van der Waals surface area (Å²) in [5.74, 6) is 0.867. The molecule has 1 N–H and O–H groups in total. The van der Waals surface area contributed by atoms with Crippen LogP contribution in [-0.4, -0.2) is 15.5 Å². The van der Waals surface area contributed by atoms with Gasteiger partial charge in [0.2, 0.25) is 0 Å². The first kappa shape index (κ1) is 16.4. The maximum absolute atomic E-state index is 12.2.